The molecule has 1 aliphatic carbocycles. The Morgan fingerprint density at radius 3 is 2.31 bits per heavy atom. The van der Waals surface area contributed by atoms with Crippen molar-refractivity contribution in [2.24, 2.45) is 0 Å². The molecule has 0 N–H and O–H groups in total. The van der Waals surface area contributed by atoms with E-state index in [-0.39, 0.29) is 0 Å². The van der Waals surface area contributed by atoms with Crippen LogP contribution >= 0.6 is 0 Å². The van der Waals surface area contributed by atoms with Crippen molar-refractivity contribution < 1.29 is 0 Å². The maximum Gasteiger partial charge on any atom is 0.0236 e. The van der Waals surface area contributed by atoms with Crippen molar-refractivity contribution in [2.45, 2.75) is 52.1 Å². The topological polar surface area (TPSA) is 3.24 Å². The predicted octanol–water partition coefficient (Wildman–Crippen LogP) is 3.76. The average molecular weight is 217 g/mol. The molecule has 2 rings (SSSR count). The summed E-state index contributed by atoms with van der Waals surface area (Å²) in [7, 11) is 0. The van der Waals surface area contributed by atoms with Gasteiger partial charge in [-0.1, -0.05) is 49.6 Å². The number of rotatable bonds is 4. The van der Waals surface area contributed by atoms with Crippen LogP contribution in [-0.4, -0.2) is 17.5 Å². The third kappa shape index (κ3) is 2.85. The Kier molecular flexibility index (Phi) is 4.00. The summed E-state index contributed by atoms with van der Waals surface area (Å²) in [6.07, 6.45) is 5.66. The lowest BCUT2D eigenvalue weighted by Gasteiger charge is -2.27. The molecule has 1 heteroatoms. The third-order valence-corrected chi connectivity index (χ3v) is 3.75. The zero-order valence-corrected chi connectivity index (χ0v) is 10.6. The summed E-state index contributed by atoms with van der Waals surface area (Å²) in [6, 6.07) is 9.82. The summed E-state index contributed by atoms with van der Waals surface area (Å²) in [5, 5.41) is 0. The smallest absolute Gasteiger partial charge is 0.0236 e. The second-order valence-electron chi connectivity index (χ2n) is 4.99. The summed E-state index contributed by atoms with van der Waals surface area (Å²) in [5.41, 5.74) is 2.81. The van der Waals surface area contributed by atoms with Crippen LogP contribution in [-0.2, 0) is 6.54 Å². The molecule has 0 radical (unpaired) electrons. The normalized spacial score (nSPS) is 17.2. The SMILES string of the molecule is CCN(Cc1ccc(C)cc1)C1CCCC1. The molecule has 1 aliphatic rings. The molecule has 1 nitrogen and oxygen atoms in total. The van der Waals surface area contributed by atoms with E-state index in [0.717, 1.165) is 12.6 Å². The van der Waals surface area contributed by atoms with E-state index in [9.17, 15) is 0 Å². The molecule has 1 saturated carbocycles. The highest BCUT2D eigenvalue weighted by molar-refractivity contribution is 5.21. The van der Waals surface area contributed by atoms with Gasteiger partial charge in [-0.05, 0) is 31.9 Å². The first-order valence-electron chi connectivity index (χ1n) is 6.59. The quantitative estimate of drug-likeness (QED) is 0.742. The van der Waals surface area contributed by atoms with E-state index in [0.29, 0.717) is 0 Å². The minimum Gasteiger partial charge on any atom is -0.296 e. The fraction of sp³-hybridized carbons (Fsp3) is 0.600. The van der Waals surface area contributed by atoms with Crippen LogP contribution in [0.15, 0.2) is 24.3 Å². The van der Waals surface area contributed by atoms with Crippen LogP contribution in [0.4, 0.5) is 0 Å². The number of benzene rings is 1. The van der Waals surface area contributed by atoms with Gasteiger partial charge in [0.05, 0.1) is 0 Å². The Balaban J connectivity index is 1.97. The standard InChI is InChI=1S/C15H23N/c1-3-16(15-6-4-5-7-15)12-14-10-8-13(2)9-11-14/h8-11,15H,3-7,12H2,1-2H3. The lowest BCUT2D eigenvalue weighted by atomic mass is 10.1. The Labute approximate surface area is 99.5 Å². The Morgan fingerprint density at radius 1 is 1.12 bits per heavy atom. The highest BCUT2D eigenvalue weighted by atomic mass is 15.1. The Hall–Kier alpha value is -0.820. The largest absolute Gasteiger partial charge is 0.296 e. The van der Waals surface area contributed by atoms with Crippen molar-refractivity contribution in [3.8, 4) is 0 Å². The summed E-state index contributed by atoms with van der Waals surface area (Å²) in [4.78, 5) is 2.64. The summed E-state index contributed by atoms with van der Waals surface area (Å²) in [5.74, 6) is 0. The van der Waals surface area contributed by atoms with E-state index in [1.807, 2.05) is 0 Å². The van der Waals surface area contributed by atoms with E-state index in [4.69, 9.17) is 0 Å². The molecule has 0 atom stereocenters. The fourth-order valence-electron chi connectivity index (χ4n) is 2.70. The zero-order valence-electron chi connectivity index (χ0n) is 10.6. The predicted molar refractivity (Wildman–Crippen MR) is 69.5 cm³/mol. The number of hydrogen-bond donors (Lipinski definition) is 0. The van der Waals surface area contributed by atoms with Crippen molar-refractivity contribution in [3.63, 3.8) is 0 Å². The first-order chi connectivity index (χ1) is 7.79. The molecule has 0 amide bonds. The van der Waals surface area contributed by atoms with Gasteiger partial charge in [0.1, 0.15) is 0 Å². The van der Waals surface area contributed by atoms with Crippen molar-refractivity contribution in [1.82, 2.24) is 4.90 Å². The van der Waals surface area contributed by atoms with Crippen LogP contribution in [0.25, 0.3) is 0 Å². The molecule has 0 aromatic heterocycles. The molecular formula is C15H23N. The second kappa shape index (κ2) is 5.49. The molecule has 0 bridgehead atoms. The van der Waals surface area contributed by atoms with Gasteiger partial charge in [-0.2, -0.15) is 0 Å². The molecule has 1 aromatic carbocycles. The fourth-order valence-corrected chi connectivity index (χ4v) is 2.70. The first-order valence-corrected chi connectivity index (χ1v) is 6.59. The van der Waals surface area contributed by atoms with Gasteiger partial charge < -0.3 is 0 Å². The van der Waals surface area contributed by atoms with Crippen LogP contribution in [0.2, 0.25) is 0 Å². The lowest BCUT2D eigenvalue weighted by Crippen LogP contribution is -2.32. The van der Waals surface area contributed by atoms with Gasteiger partial charge in [0.25, 0.3) is 0 Å². The van der Waals surface area contributed by atoms with Gasteiger partial charge >= 0.3 is 0 Å². The van der Waals surface area contributed by atoms with Gasteiger partial charge in [0.15, 0.2) is 0 Å². The molecule has 16 heavy (non-hydrogen) atoms. The maximum atomic E-state index is 2.64. The van der Waals surface area contributed by atoms with E-state index >= 15 is 0 Å². The van der Waals surface area contributed by atoms with Crippen LogP contribution in [0.5, 0.6) is 0 Å². The third-order valence-electron chi connectivity index (χ3n) is 3.75. The van der Waals surface area contributed by atoms with Crippen LogP contribution in [0.1, 0.15) is 43.7 Å². The molecule has 1 fully saturated rings. The minimum atomic E-state index is 0.839. The molecule has 88 valence electrons. The van der Waals surface area contributed by atoms with E-state index in [1.165, 1.54) is 43.4 Å². The zero-order chi connectivity index (χ0) is 11.4. The van der Waals surface area contributed by atoms with Gasteiger partial charge in [0, 0.05) is 12.6 Å². The van der Waals surface area contributed by atoms with Gasteiger partial charge in [-0.3, -0.25) is 4.90 Å². The van der Waals surface area contributed by atoms with Gasteiger partial charge in [-0.15, -0.1) is 0 Å². The van der Waals surface area contributed by atoms with E-state index in [1.54, 1.807) is 0 Å². The van der Waals surface area contributed by atoms with E-state index < -0.39 is 0 Å². The summed E-state index contributed by atoms with van der Waals surface area (Å²) in [6.45, 7) is 6.74. The molecule has 0 heterocycles. The van der Waals surface area contributed by atoms with Crippen LogP contribution < -0.4 is 0 Å². The Bertz CT molecular complexity index is 309. The lowest BCUT2D eigenvalue weighted by molar-refractivity contribution is 0.200. The van der Waals surface area contributed by atoms with Gasteiger partial charge in [0.2, 0.25) is 0 Å². The summed E-state index contributed by atoms with van der Waals surface area (Å²) >= 11 is 0. The Morgan fingerprint density at radius 2 is 1.75 bits per heavy atom. The van der Waals surface area contributed by atoms with Crippen LogP contribution in [0.3, 0.4) is 0 Å². The molecular weight excluding hydrogens is 194 g/mol. The molecule has 0 saturated heterocycles. The number of nitrogens with zero attached hydrogens (tertiary/aromatic N) is 1. The maximum absolute atomic E-state index is 2.64. The van der Waals surface area contributed by atoms with Crippen molar-refractivity contribution in [3.05, 3.63) is 35.4 Å². The van der Waals surface area contributed by atoms with E-state index in [2.05, 4.69) is 43.0 Å². The minimum absolute atomic E-state index is 0.839. The van der Waals surface area contributed by atoms with Gasteiger partial charge in [-0.25, -0.2) is 0 Å². The first kappa shape index (κ1) is 11.7. The number of aryl methyl sites for hydroxylation is 1. The van der Waals surface area contributed by atoms with Crippen molar-refractivity contribution in [2.75, 3.05) is 6.54 Å². The summed E-state index contributed by atoms with van der Waals surface area (Å²) < 4.78 is 0. The molecule has 0 spiro atoms. The number of hydrogen-bond acceptors (Lipinski definition) is 1. The molecule has 1 aromatic rings. The molecule has 0 unspecified atom stereocenters. The van der Waals surface area contributed by atoms with Crippen molar-refractivity contribution >= 4 is 0 Å². The average Bonchev–Trinajstić information content (AvgIpc) is 2.82. The monoisotopic (exact) mass is 217 g/mol. The van der Waals surface area contributed by atoms with Crippen molar-refractivity contribution in [1.29, 1.82) is 0 Å². The molecule has 0 aliphatic heterocycles. The highest BCUT2D eigenvalue weighted by Gasteiger charge is 2.20. The highest BCUT2D eigenvalue weighted by Crippen LogP contribution is 2.24. The van der Waals surface area contributed by atoms with Crippen LogP contribution in [0, 0.1) is 6.92 Å². The second-order valence-corrected chi connectivity index (χ2v) is 4.99.